The highest BCUT2D eigenvalue weighted by molar-refractivity contribution is 5.96. The minimum Gasteiger partial charge on any atom is -0.383 e. The van der Waals surface area contributed by atoms with Crippen molar-refractivity contribution < 1.29 is 4.79 Å². The minimum absolute atomic E-state index is 0.209. The van der Waals surface area contributed by atoms with Crippen molar-refractivity contribution in [2.75, 3.05) is 17.2 Å². The Labute approximate surface area is 114 Å². The lowest BCUT2D eigenvalue weighted by atomic mass is 9.88. The van der Waals surface area contributed by atoms with Crippen molar-refractivity contribution in [2.24, 2.45) is 5.92 Å². The van der Waals surface area contributed by atoms with Gasteiger partial charge in [0.1, 0.15) is 0 Å². The minimum atomic E-state index is 0.209. The molecule has 19 heavy (non-hydrogen) atoms. The molecule has 1 aromatic rings. The summed E-state index contributed by atoms with van der Waals surface area (Å²) in [6, 6.07) is 6.21. The van der Waals surface area contributed by atoms with Crippen molar-refractivity contribution in [1.82, 2.24) is 0 Å². The van der Waals surface area contributed by atoms with E-state index in [9.17, 15) is 4.79 Å². The molecule has 3 heteroatoms. The zero-order valence-corrected chi connectivity index (χ0v) is 11.4. The lowest BCUT2D eigenvalue weighted by Gasteiger charge is -2.24. The van der Waals surface area contributed by atoms with Crippen LogP contribution in [0, 0.1) is 5.92 Å². The summed E-state index contributed by atoms with van der Waals surface area (Å²) in [5.41, 5.74) is 3.43. The van der Waals surface area contributed by atoms with E-state index in [-0.39, 0.29) is 11.8 Å². The summed E-state index contributed by atoms with van der Waals surface area (Å²) < 4.78 is 0. The van der Waals surface area contributed by atoms with Crippen LogP contribution in [0.2, 0.25) is 0 Å². The lowest BCUT2D eigenvalue weighted by Crippen LogP contribution is -2.25. The molecule has 0 aromatic heterocycles. The summed E-state index contributed by atoms with van der Waals surface area (Å²) in [6.07, 6.45) is 8.06. The third-order valence-corrected chi connectivity index (χ3v) is 4.31. The van der Waals surface area contributed by atoms with Gasteiger partial charge in [0.15, 0.2) is 0 Å². The van der Waals surface area contributed by atoms with Gasteiger partial charge in [0.05, 0.1) is 11.4 Å². The number of benzene rings is 1. The summed E-state index contributed by atoms with van der Waals surface area (Å²) in [7, 11) is 0. The fourth-order valence-corrected chi connectivity index (χ4v) is 3.21. The van der Waals surface area contributed by atoms with Gasteiger partial charge < -0.3 is 10.6 Å². The molecule has 2 aliphatic rings. The highest BCUT2D eigenvalue weighted by atomic mass is 16.1. The molecule has 0 saturated heterocycles. The normalized spacial score (nSPS) is 19.4. The second kappa shape index (κ2) is 5.64. The van der Waals surface area contributed by atoms with E-state index >= 15 is 0 Å². The molecule has 0 spiro atoms. The fraction of sp³-hybridized carbons (Fsp3) is 0.562. The van der Waals surface area contributed by atoms with Crippen molar-refractivity contribution in [3.63, 3.8) is 0 Å². The maximum Gasteiger partial charge on any atom is 0.227 e. The van der Waals surface area contributed by atoms with Crippen molar-refractivity contribution in [1.29, 1.82) is 0 Å². The van der Waals surface area contributed by atoms with Crippen LogP contribution in [-0.2, 0) is 11.2 Å². The van der Waals surface area contributed by atoms with Crippen LogP contribution >= 0.6 is 0 Å². The Morgan fingerprint density at radius 3 is 2.84 bits per heavy atom. The molecular weight excluding hydrogens is 236 g/mol. The number of rotatable bonds is 2. The fourth-order valence-electron chi connectivity index (χ4n) is 3.21. The number of hydrogen-bond acceptors (Lipinski definition) is 2. The average molecular weight is 258 g/mol. The van der Waals surface area contributed by atoms with Gasteiger partial charge in [-0.25, -0.2) is 0 Å². The predicted molar refractivity (Wildman–Crippen MR) is 78.5 cm³/mol. The third kappa shape index (κ3) is 2.75. The first-order chi connectivity index (χ1) is 9.34. The first-order valence-electron chi connectivity index (χ1n) is 7.51. The Hall–Kier alpha value is -1.51. The average Bonchev–Trinajstić information content (AvgIpc) is 2.48. The molecule has 0 radical (unpaired) electrons. The van der Waals surface area contributed by atoms with Gasteiger partial charge in [-0.2, -0.15) is 0 Å². The topological polar surface area (TPSA) is 41.1 Å². The molecule has 1 heterocycles. The van der Waals surface area contributed by atoms with E-state index in [0.29, 0.717) is 0 Å². The van der Waals surface area contributed by atoms with Crippen LogP contribution in [0.5, 0.6) is 0 Å². The highest BCUT2D eigenvalue weighted by Crippen LogP contribution is 2.31. The number of carbonyl (C=O) groups excluding carboxylic acids is 1. The Morgan fingerprint density at radius 2 is 2.00 bits per heavy atom. The number of nitrogens with one attached hydrogen (secondary N) is 2. The van der Waals surface area contributed by atoms with E-state index in [1.54, 1.807) is 0 Å². The third-order valence-electron chi connectivity index (χ3n) is 4.31. The molecule has 1 aliphatic carbocycles. The van der Waals surface area contributed by atoms with Crippen molar-refractivity contribution in [3.8, 4) is 0 Å². The zero-order valence-electron chi connectivity index (χ0n) is 11.4. The van der Waals surface area contributed by atoms with E-state index in [4.69, 9.17) is 0 Å². The smallest absolute Gasteiger partial charge is 0.227 e. The molecule has 1 amide bonds. The van der Waals surface area contributed by atoms with Crippen molar-refractivity contribution in [2.45, 2.75) is 44.9 Å². The van der Waals surface area contributed by atoms with Gasteiger partial charge in [-0.05, 0) is 37.3 Å². The van der Waals surface area contributed by atoms with Crippen LogP contribution in [0.1, 0.15) is 44.1 Å². The van der Waals surface area contributed by atoms with Gasteiger partial charge in [0, 0.05) is 12.5 Å². The van der Waals surface area contributed by atoms with E-state index in [0.717, 1.165) is 37.2 Å². The van der Waals surface area contributed by atoms with Crippen molar-refractivity contribution >= 4 is 17.3 Å². The summed E-state index contributed by atoms with van der Waals surface area (Å²) in [5.74, 6) is 0.425. The molecule has 3 rings (SSSR count). The van der Waals surface area contributed by atoms with Gasteiger partial charge in [-0.15, -0.1) is 0 Å². The van der Waals surface area contributed by atoms with Crippen LogP contribution in [0.3, 0.4) is 0 Å². The van der Waals surface area contributed by atoms with Gasteiger partial charge in [0.2, 0.25) is 5.91 Å². The van der Waals surface area contributed by atoms with Gasteiger partial charge in [-0.1, -0.05) is 31.4 Å². The number of amides is 1. The van der Waals surface area contributed by atoms with E-state index in [1.807, 2.05) is 12.1 Å². The first kappa shape index (κ1) is 12.5. The molecule has 1 saturated carbocycles. The lowest BCUT2D eigenvalue weighted by molar-refractivity contribution is -0.120. The van der Waals surface area contributed by atoms with Crippen LogP contribution in [0.15, 0.2) is 18.2 Å². The molecule has 0 bridgehead atoms. The second-order valence-electron chi connectivity index (χ2n) is 5.69. The van der Waals surface area contributed by atoms with Gasteiger partial charge in [0.25, 0.3) is 0 Å². The molecule has 0 unspecified atom stereocenters. The largest absolute Gasteiger partial charge is 0.383 e. The van der Waals surface area contributed by atoms with E-state index in [1.165, 1.54) is 31.2 Å². The standard InChI is InChI=1S/C16H22N2O/c19-16(13-6-2-1-3-7-13)18-14-10-4-8-12-9-5-11-17-15(12)14/h4,8,10,13,17H,1-3,5-7,9,11H2,(H,18,19). The molecule has 102 valence electrons. The predicted octanol–water partition coefficient (Wildman–Crippen LogP) is 3.56. The number of aryl methyl sites for hydroxylation is 1. The summed E-state index contributed by atoms with van der Waals surface area (Å²) in [4.78, 5) is 12.3. The molecule has 1 aromatic carbocycles. The zero-order chi connectivity index (χ0) is 13.1. The Morgan fingerprint density at radius 1 is 1.16 bits per heavy atom. The Kier molecular flexibility index (Phi) is 3.72. The van der Waals surface area contributed by atoms with Crippen LogP contribution in [0.25, 0.3) is 0 Å². The van der Waals surface area contributed by atoms with Crippen molar-refractivity contribution in [3.05, 3.63) is 23.8 Å². The maximum atomic E-state index is 12.3. The number of para-hydroxylation sites is 1. The van der Waals surface area contributed by atoms with Gasteiger partial charge in [-0.3, -0.25) is 4.79 Å². The SMILES string of the molecule is O=C(Nc1cccc2c1NCCC2)C1CCCCC1. The molecule has 2 N–H and O–H groups in total. The quantitative estimate of drug-likeness (QED) is 0.851. The number of carbonyl (C=O) groups is 1. The Balaban J connectivity index is 1.74. The molecule has 1 fully saturated rings. The monoisotopic (exact) mass is 258 g/mol. The highest BCUT2D eigenvalue weighted by Gasteiger charge is 2.22. The molecule has 0 atom stereocenters. The Bertz CT molecular complexity index is 464. The second-order valence-corrected chi connectivity index (χ2v) is 5.69. The number of hydrogen-bond donors (Lipinski definition) is 2. The molecule has 3 nitrogen and oxygen atoms in total. The summed E-state index contributed by atoms with van der Waals surface area (Å²) >= 11 is 0. The summed E-state index contributed by atoms with van der Waals surface area (Å²) in [6.45, 7) is 1.00. The molecule has 1 aliphatic heterocycles. The maximum absolute atomic E-state index is 12.3. The van der Waals surface area contributed by atoms with Gasteiger partial charge >= 0.3 is 0 Å². The van der Waals surface area contributed by atoms with E-state index in [2.05, 4.69) is 16.7 Å². The first-order valence-corrected chi connectivity index (χ1v) is 7.51. The number of fused-ring (bicyclic) bond motifs is 1. The van der Waals surface area contributed by atoms with Crippen LogP contribution in [-0.4, -0.2) is 12.5 Å². The molecular formula is C16H22N2O. The van der Waals surface area contributed by atoms with E-state index < -0.39 is 0 Å². The van der Waals surface area contributed by atoms with Crippen LogP contribution in [0.4, 0.5) is 11.4 Å². The summed E-state index contributed by atoms with van der Waals surface area (Å²) in [5, 5.41) is 6.56. The number of anilines is 2. The van der Waals surface area contributed by atoms with Crippen LogP contribution < -0.4 is 10.6 Å².